The normalized spacial score (nSPS) is 11.1. The smallest absolute Gasteiger partial charge is 0.255 e. The molecule has 108 valence electrons. The van der Waals surface area contributed by atoms with Crippen LogP contribution in [0, 0.1) is 0 Å². The molecule has 0 saturated carbocycles. The summed E-state index contributed by atoms with van der Waals surface area (Å²) in [5.41, 5.74) is 8.40. The number of hydrogen-bond acceptors (Lipinski definition) is 3. The lowest BCUT2D eigenvalue weighted by atomic mass is 10.1. The predicted octanol–water partition coefficient (Wildman–Crippen LogP) is 1.44. The number of pyridine rings is 1. The summed E-state index contributed by atoms with van der Waals surface area (Å²) in [7, 11) is 1.91. The van der Waals surface area contributed by atoms with Crippen molar-refractivity contribution < 1.29 is 0 Å². The third-order valence-electron chi connectivity index (χ3n) is 3.81. The van der Waals surface area contributed by atoms with Gasteiger partial charge in [-0.05, 0) is 23.6 Å². The highest BCUT2D eigenvalue weighted by atomic mass is 16.1. The van der Waals surface area contributed by atoms with Gasteiger partial charge in [-0.1, -0.05) is 18.2 Å². The molecule has 0 fully saturated rings. The molecule has 0 aliphatic carbocycles. The van der Waals surface area contributed by atoms with Crippen LogP contribution in [0.15, 0.2) is 47.4 Å². The van der Waals surface area contributed by atoms with Crippen molar-refractivity contribution in [2.24, 2.45) is 12.8 Å². The van der Waals surface area contributed by atoms with Crippen molar-refractivity contribution in [3.05, 3.63) is 64.2 Å². The molecule has 0 aliphatic heterocycles. The molecule has 0 bridgehead atoms. The van der Waals surface area contributed by atoms with Gasteiger partial charge in [0.1, 0.15) is 0 Å². The third kappa shape index (κ3) is 2.48. The summed E-state index contributed by atoms with van der Waals surface area (Å²) in [6.45, 7) is 0.877. The van der Waals surface area contributed by atoms with Crippen LogP contribution in [0.5, 0.6) is 0 Å². The van der Waals surface area contributed by atoms with Crippen molar-refractivity contribution in [2.75, 3.05) is 0 Å². The average molecular weight is 282 g/mol. The minimum Gasteiger partial charge on any atom is -0.326 e. The molecule has 21 heavy (non-hydrogen) atoms. The highest BCUT2D eigenvalue weighted by Gasteiger charge is 2.09. The zero-order chi connectivity index (χ0) is 14.8. The molecule has 2 heterocycles. The molecule has 1 aromatic carbocycles. The van der Waals surface area contributed by atoms with Gasteiger partial charge < -0.3 is 10.3 Å². The Morgan fingerprint density at radius 1 is 1.24 bits per heavy atom. The molecule has 0 spiro atoms. The van der Waals surface area contributed by atoms with E-state index in [9.17, 15) is 4.79 Å². The molecule has 3 aromatic rings. The van der Waals surface area contributed by atoms with E-state index in [1.807, 2.05) is 52.7 Å². The topological polar surface area (TPSA) is 65.8 Å². The third-order valence-corrected chi connectivity index (χ3v) is 3.81. The van der Waals surface area contributed by atoms with E-state index in [0.717, 1.165) is 23.0 Å². The van der Waals surface area contributed by atoms with Gasteiger partial charge in [-0.3, -0.25) is 9.48 Å². The highest BCUT2D eigenvalue weighted by Crippen LogP contribution is 2.14. The quantitative estimate of drug-likeness (QED) is 0.787. The van der Waals surface area contributed by atoms with Crippen LogP contribution in [0.1, 0.15) is 11.3 Å². The average Bonchev–Trinajstić information content (AvgIpc) is 2.91. The molecule has 0 radical (unpaired) electrons. The Kier molecular flexibility index (Phi) is 3.58. The number of para-hydroxylation sites is 1. The van der Waals surface area contributed by atoms with Crippen LogP contribution >= 0.6 is 0 Å². The van der Waals surface area contributed by atoms with E-state index in [4.69, 9.17) is 5.73 Å². The largest absolute Gasteiger partial charge is 0.326 e. The fourth-order valence-electron chi connectivity index (χ4n) is 2.63. The van der Waals surface area contributed by atoms with Crippen molar-refractivity contribution in [2.45, 2.75) is 19.5 Å². The van der Waals surface area contributed by atoms with E-state index in [2.05, 4.69) is 5.10 Å². The molecule has 5 heteroatoms. The predicted molar refractivity (Wildman–Crippen MR) is 83.0 cm³/mol. The van der Waals surface area contributed by atoms with Crippen molar-refractivity contribution in [3.63, 3.8) is 0 Å². The van der Waals surface area contributed by atoms with Crippen molar-refractivity contribution in [1.29, 1.82) is 0 Å². The molecule has 0 atom stereocenters. The van der Waals surface area contributed by atoms with Crippen molar-refractivity contribution >= 4 is 10.9 Å². The Hall–Kier alpha value is -2.40. The summed E-state index contributed by atoms with van der Waals surface area (Å²) in [5, 5.41) is 5.20. The van der Waals surface area contributed by atoms with E-state index < -0.39 is 0 Å². The Bertz CT molecular complexity index is 832. The number of nitrogens with zero attached hydrogens (tertiary/aromatic N) is 3. The van der Waals surface area contributed by atoms with Crippen molar-refractivity contribution in [3.8, 4) is 0 Å². The lowest BCUT2D eigenvalue weighted by Crippen LogP contribution is -2.26. The molecule has 0 unspecified atom stereocenters. The Morgan fingerprint density at radius 3 is 2.76 bits per heavy atom. The Labute approximate surface area is 122 Å². The van der Waals surface area contributed by atoms with Crippen LogP contribution in [-0.4, -0.2) is 14.3 Å². The maximum Gasteiger partial charge on any atom is 0.255 e. The fraction of sp³-hybridized carbons (Fsp3) is 0.250. The van der Waals surface area contributed by atoms with Crippen LogP contribution in [0.25, 0.3) is 10.9 Å². The Morgan fingerprint density at radius 2 is 2.05 bits per heavy atom. The highest BCUT2D eigenvalue weighted by molar-refractivity contribution is 5.79. The maximum atomic E-state index is 12.5. The fourth-order valence-corrected chi connectivity index (χ4v) is 2.63. The lowest BCUT2D eigenvalue weighted by molar-refractivity contribution is 0.633. The molecular formula is C16H18N4O. The van der Waals surface area contributed by atoms with E-state index in [1.54, 1.807) is 6.20 Å². The SMILES string of the molecule is Cn1nccc1CCn1c(=O)c(CN)cc2ccccc21. The first-order chi connectivity index (χ1) is 10.2. The van der Waals surface area contributed by atoms with Gasteiger partial charge in [-0.15, -0.1) is 0 Å². The van der Waals surface area contributed by atoms with Crippen LogP contribution in [0.2, 0.25) is 0 Å². The first kappa shape index (κ1) is 13.6. The van der Waals surface area contributed by atoms with Gasteiger partial charge in [0.2, 0.25) is 0 Å². The second-order valence-electron chi connectivity index (χ2n) is 5.09. The number of nitrogens with two attached hydrogens (primary N) is 1. The van der Waals surface area contributed by atoms with Gasteiger partial charge in [0.25, 0.3) is 5.56 Å². The molecule has 0 aliphatic rings. The van der Waals surface area contributed by atoms with Gasteiger partial charge in [-0.2, -0.15) is 5.10 Å². The van der Waals surface area contributed by atoms with Gasteiger partial charge in [0, 0.05) is 44.0 Å². The minimum absolute atomic E-state index is 0.00151. The summed E-state index contributed by atoms with van der Waals surface area (Å²) in [4.78, 5) is 12.5. The molecule has 0 saturated heterocycles. The first-order valence-corrected chi connectivity index (χ1v) is 6.99. The van der Waals surface area contributed by atoms with E-state index >= 15 is 0 Å². The van der Waals surface area contributed by atoms with Gasteiger partial charge in [0.15, 0.2) is 0 Å². The maximum absolute atomic E-state index is 12.5. The van der Waals surface area contributed by atoms with Crippen molar-refractivity contribution in [1.82, 2.24) is 14.3 Å². The van der Waals surface area contributed by atoms with Gasteiger partial charge in [-0.25, -0.2) is 0 Å². The Balaban J connectivity index is 2.06. The summed E-state index contributed by atoms with van der Waals surface area (Å²) in [6, 6.07) is 11.8. The zero-order valence-electron chi connectivity index (χ0n) is 12.0. The van der Waals surface area contributed by atoms with Crippen LogP contribution < -0.4 is 11.3 Å². The number of benzene rings is 1. The van der Waals surface area contributed by atoms with Crippen LogP contribution in [0.3, 0.4) is 0 Å². The number of aromatic nitrogens is 3. The monoisotopic (exact) mass is 282 g/mol. The number of hydrogen-bond donors (Lipinski definition) is 1. The molecule has 3 rings (SSSR count). The first-order valence-electron chi connectivity index (χ1n) is 6.99. The standard InChI is InChI=1S/C16H18N4O/c1-19-14(6-8-18-19)7-9-20-15-5-3-2-4-12(15)10-13(11-17)16(20)21/h2-6,8,10H,7,9,11,17H2,1H3. The summed E-state index contributed by atoms with van der Waals surface area (Å²) in [6.07, 6.45) is 2.53. The van der Waals surface area contributed by atoms with E-state index in [-0.39, 0.29) is 12.1 Å². The second kappa shape index (κ2) is 5.54. The minimum atomic E-state index is -0.00151. The number of aryl methyl sites for hydroxylation is 3. The lowest BCUT2D eigenvalue weighted by Gasteiger charge is -2.12. The molecular weight excluding hydrogens is 264 g/mol. The molecule has 5 nitrogen and oxygen atoms in total. The zero-order valence-corrected chi connectivity index (χ0v) is 12.0. The molecule has 2 N–H and O–H groups in total. The summed E-state index contributed by atoms with van der Waals surface area (Å²) in [5.74, 6) is 0. The second-order valence-corrected chi connectivity index (χ2v) is 5.09. The van der Waals surface area contributed by atoms with Gasteiger partial charge in [0.05, 0.1) is 5.52 Å². The van der Waals surface area contributed by atoms with Crippen LogP contribution in [0.4, 0.5) is 0 Å². The van der Waals surface area contributed by atoms with Crippen LogP contribution in [-0.2, 0) is 26.6 Å². The molecule has 2 aromatic heterocycles. The number of rotatable bonds is 4. The van der Waals surface area contributed by atoms with Gasteiger partial charge >= 0.3 is 0 Å². The molecule has 0 amide bonds. The summed E-state index contributed by atoms with van der Waals surface area (Å²) >= 11 is 0. The van der Waals surface area contributed by atoms with E-state index in [1.165, 1.54) is 0 Å². The summed E-state index contributed by atoms with van der Waals surface area (Å²) < 4.78 is 3.64. The number of fused-ring (bicyclic) bond motifs is 1. The van der Waals surface area contributed by atoms with E-state index in [0.29, 0.717) is 12.1 Å².